The third-order valence-electron chi connectivity index (χ3n) is 4.97. The summed E-state index contributed by atoms with van der Waals surface area (Å²) >= 11 is 5.90. The zero-order chi connectivity index (χ0) is 16.1. The lowest BCUT2D eigenvalue weighted by Crippen LogP contribution is -2.44. The maximum absolute atomic E-state index is 12.5. The van der Waals surface area contributed by atoms with Crippen LogP contribution in [-0.4, -0.2) is 37.0 Å². The molecule has 0 aromatic heterocycles. The first-order valence-electron chi connectivity index (χ1n) is 8.65. The van der Waals surface area contributed by atoms with E-state index in [-0.39, 0.29) is 5.92 Å². The molecule has 0 spiro atoms. The van der Waals surface area contributed by atoms with E-state index in [9.17, 15) is 4.79 Å². The first kappa shape index (κ1) is 16.5. The lowest BCUT2D eigenvalue weighted by atomic mass is 9.92. The highest BCUT2D eigenvalue weighted by Gasteiger charge is 2.28. The molecule has 23 heavy (non-hydrogen) atoms. The van der Waals surface area contributed by atoms with Crippen LogP contribution >= 0.6 is 11.6 Å². The maximum atomic E-state index is 12.5. The molecular formula is C19H25ClN2O. The molecule has 2 saturated heterocycles. The van der Waals surface area contributed by atoms with Crippen molar-refractivity contribution in [3.63, 3.8) is 0 Å². The first-order valence-corrected chi connectivity index (χ1v) is 9.03. The molecule has 0 unspecified atom stereocenters. The molecule has 0 bridgehead atoms. The predicted octanol–water partition coefficient (Wildman–Crippen LogP) is 3.59. The molecule has 4 heteroatoms. The van der Waals surface area contributed by atoms with Gasteiger partial charge in [0.2, 0.25) is 5.91 Å². The van der Waals surface area contributed by atoms with Gasteiger partial charge in [0.05, 0.1) is 0 Å². The van der Waals surface area contributed by atoms with Crippen LogP contribution in [0.2, 0.25) is 5.02 Å². The number of nitrogens with zero attached hydrogens (tertiary/aromatic N) is 1. The van der Waals surface area contributed by atoms with Crippen LogP contribution in [0.3, 0.4) is 0 Å². The van der Waals surface area contributed by atoms with Crippen LogP contribution in [0.25, 0.3) is 6.08 Å². The van der Waals surface area contributed by atoms with Gasteiger partial charge in [0.25, 0.3) is 0 Å². The van der Waals surface area contributed by atoms with Crippen molar-refractivity contribution in [1.82, 2.24) is 10.2 Å². The second-order valence-corrected chi connectivity index (χ2v) is 7.03. The second kappa shape index (κ2) is 7.98. The van der Waals surface area contributed by atoms with Gasteiger partial charge < -0.3 is 10.2 Å². The number of halogens is 1. The van der Waals surface area contributed by atoms with E-state index in [1.54, 1.807) is 0 Å². The number of benzene rings is 1. The molecule has 0 radical (unpaired) electrons. The lowest BCUT2D eigenvalue weighted by molar-refractivity contribution is -0.137. The average molecular weight is 333 g/mol. The van der Waals surface area contributed by atoms with Crippen molar-refractivity contribution in [1.29, 1.82) is 0 Å². The van der Waals surface area contributed by atoms with E-state index >= 15 is 0 Å². The Labute approximate surface area is 143 Å². The standard InChI is InChI=1S/C19H25ClN2O/c20-18-5-3-15(4-6-18)1-2-16-9-13-22(14-10-16)19(23)17-7-11-21-12-8-17/h1-6,16-17,21H,7-14H2/b2-1+. The van der Waals surface area contributed by atoms with Crippen molar-refractivity contribution in [2.75, 3.05) is 26.2 Å². The van der Waals surface area contributed by atoms with Gasteiger partial charge in [-0.1, -0.05) is 35.9 Å². The summed E-state index contributed by atoms with van der Waals surface area (Å²) < 4.78 is 0. The molecule has 2 fully saturated rings. The summed E-state index contributed by atoms with van der Waals surface area (Å²) in [4.78, 5) is 14.6. The van der Waals surface area contributed by atoms with Crippen LogP contribution in [0.5, 0.6) is 0 Å². The van der Waals surface area contributed by atoms with Crippen molar-refractivity contribution < 1.29 is 4.79 Å². The number of allylic oxidation sites excluding steroid dienone is 1. The number of amides is 1. The molecule has 2 aliphatic heterocycles. The number of carbonyl (C=O) groups excluding carboxylic acids is 1. The highest BCUT2D eigenvalue weighted by Crippen LogP contribution is 2.23. The Hall–Kier alpha value is -1.32. The van der Waals surface area contributed by atoms with Gasteiger partial charge in [0.1, 0.15) is 0 Å². The van der Waals surface area contributed by atoms with Gasteiger partial charge >= 0.3 is 0 Å². The van der Waals surface area contributed by atoms with Crippen molar-refractivity contribution >= 4 is 23.6 Å². The van der Waals surface area contributed by atoms with Crippen LogP contribution < -0.4 is 5.32 Å². The summed E-state index contributed by atoms with van der Waals surface area (Å²) in [6.45, 7) is 3.77. The predicted molar refractivity (Wildman–Crippen MR) is 95.4 cm³/mol. The fraction of sp³-hybridized carbons (Fsp3) is 0.526. The zero-order valence-corrected chi connectivity index (χ0v) is 14.3. The van der Waals surface area contributed by atoms with Gasteiger partial charge in [0, 0.05) is 24.0 Å². The van der Waals surface area contributed by atoms with E-state index in [1.165, 1.54) is 5.56 Å². The number of hydrogen-bond acceptors (Lipinski definition) is 2. The summed E-state index contributed by atoms with van der Waals surface area (Å²) in [7, 11) is 0. The number of nitrogens with one attached hydrogen (secondary N) is 1. The van der Waals surface area contributed by atoms with Crippen LogP contribution in [0, 0.1) is 11.8 Å². The number of likely N-dealkylation sites (tertiary alicyclic amines) is 1. The van der Waals surface area contributed by atoms with E-state index in [0.717, 1.165) is 56.9 Å². The maximum Gasteiger partial charge on any atom is 0.225 e. The summed E-state index contributed by atoms with van der Waals surface area (Å²) in [6, 6.07) is 7.91. The monoisotopic (exact) mass is 332 g/mol. The molecule has 2 heterocycles. The normalized spacial score (nSPS) is 21.0. The van der Waals surface area contributed by atoms with Crippen LogP contribution in [0.1, 0.15) is 31.2 Å². The average Bonchev–Trinajstić information content (AvgIpc) is 2.62. The summed E-state index contributed by atoms with van der Waals surface area (Å²) in [6.07, 6.45) is 8.59. The van der Waals surface area contributed by atoms with Gasteiger partial charge in [-0.25, -0.2) is 0 Å². The van der Waals surface area contributed by atoms with E-state index in [2.05, 4.69) is 22.4 Å². The molecular weight excluding hydrogens is 308 g/mol. The number of piperidine rings is 2. The van der Waals surface area contributed by atoms with Crippen molar-refractivity contribution in [3.05, 3.63) is 40.9 Å². The number of hydrogen-bond donors (Lipinski definition) is 1. The van der Waals surface area contributed by atoms with Crippen LogP contribution in [-0.2, 0) is 4.79 Å². The van der Waals surface area contributed by atoms with E-state index in [1.807, 2.05) is 24.3 Å². The Kier molecular flexibility index (Phi) is 5.74. The smallest absolute Gasteiger partial charge is 0.225 e. The third kappa shape index (κ3) is 4.58. The van der Waals surface area contributed by atoms with Gasteiger partial charge in [-0.2, -0.15) is 0 Å². The molecule has 0 aliphatic carbocycles. The molecule has 1 amide bonds. The fourth-order valence-electron chi connectivity index (χ4n) is 3.46. The quantitative estimate of drug-likeness (QED) is 0.917. The Bertz CT molecular complexity index is 541. The van der Waals surface area contributed by atoms with Gasteiger partial charge in [-0.15, -0.1) is 0 Å². The van der Waals surface area contributed by atoms with Gasteiger partial charge in [-0.3, -0.25) is 4.79 Å². The minimum Gasteiger partial charge on any atom is -0.342 e. The third-order valence-corrected chi connectivity index (χ3v) is 5.22. The lowest BCUT2D eigenvalue weighted by Gasteiger charge is -2.34. The molecule has 1 N–H and O–H groups in total. The van der Waals surface area contributed by atoms with Crippen LogP contribution in [0.15, 0.2) is 30.3 Å². The van der Waals surface area contributed by atoms with Crippen molar-refractivity contribution in [2.24, 2.45) is 11.8 Å². The van der Waals surface area contributed by atoms with Gasteiger partial charge in [0.15, 0.2) is 0 Å². The molecule has 3 nitrogen and oxygen atoms in total. The Morgan fingerprint density at radius 2 is 1.74 bits per heavy atom. The molecule has 1 aromatic carbocycles. The highest BCUT2D eigenvalue weighted by atomic mass is 35.5. The fourth-order valence-corrected chi connectivity index (χ4v) is 3.59. The van der Waals surface area contributed by atoms with Crippen molar-refractivity contribution in [2.45, 2.75) is 25.7 Å². The van der Waals surface area contributed by atoms with E-state index in [0.29, 0.717) is 11.8 Å². The molecule has 2 aliphatic rings. The van der Waals surface area contributed by atoms with Crippen LogP contribution in [0.4, 0.5) is 0 Å². The van der Waals surface area contributed by atoms with E-state index < -0.39 is 0 Å². The first-order chi connectivity index (χ1) is 11.2. The molecule has 0 atom stereocenters. The minimum absolute atomic E-state index is 0.248. The SMILES string of the molecule is O=C(C1CCNCC1)N1CCC(/C=C/c2ccc(Cl)cc2)CC1. The molecule has 0 saturated carbocycles. The summed E-state index contributed by atoms with van der Waals surface area (Å²) in [5, 5.41) is 4.10. The van der Waals surface area contributed by atoms with E-state index in [4.69, 9.17) is 11.6 Å². The summed E-state index contributed by atoms with van der Waals surface area (Å²) in [5.41, 5.74) is 1.18. The number of carbonyl (C=O) groups is 1. The Morgan fingerprint density at radius 3 is 2.39 bits per heavy atom. The highest BCUT2D eigenvalue weighted by molar-refractivity contribution is 6.30. The molecule has 124 valence electrons. The Balaban J connectivity index is 1.48. The number of rotatable bonds is 3. The second-order valence-electron chi connectivity index (χ2n) is 6.60. The Morgan fingerprint density at radius 1 is 1.09 bits per heavy atom. The minimum atomic E-state index is 0.248. The van der Waals surface area contributed by atoms with Gasteiger partial charge in [-0.05, 0) is 62.4 Å². The topological polar surface area (TPSA) is 32.3 Å². The molecule has 3 rings (SSSR count). The van der Waals surface area contributed by atoms with Crippen molar-refractivity contribution in [3.8, 4) is 0 Å². The molecule has 1 aromatic rings. The summed E-state index contributed by atoms with van der Waals surface area (Å²) in [5.74, 6) is 1.20. The zero-order valence-electron chi connectivity index (χ0n) is 13.5. The largest absolute Gasteiger partial charge is 0.342 e.